The third kappa shape index (κ3) is 5.63. The summed E-state index contributed by atoms with van der Waals surface area (Å²) >= 11 is 1.27. The molecule has 2 amide bonds. The van der Waals surface area contributed by atoms with Crippen molar-refractivity contribution in [3.8, 4) is 0 Å². The Morgan fingerprint density at radius 1 is 1.18 bits per heavy atom. The Kier molecular flexibility index (Phi) is 7.31. The number of hydrogen-bond donors (Lipinski definition) is 2. The zero-order valence-electron chi connectivity index (χ0n) is 13.8. The summed E-state index contributed by atoms with van der Waals surface area (Å²) in [6, 6.07) is -0.540. The van der Waals surface area contributed by atoms with E-state index in [9.17, 15) is 9.59 Å². The van der Waals surface area contributed by atoms with Crippen LogP contribution in [-0.4, -0.2) is 40.1 Å². The van der Waals surface area contributed by atoms with E-state index in [-0.39, 0.29) is 17.6 Å². The first-order valence-corrected chi connectivity index (χ1v) is 8.35. The quantitative estimate of drug-likeness (QED) is 0.587. The molecule has 0 saturated carbocycles. The van der Waals surface area contributed by atoms with Crippen molar-refractivity contribution in [2.24, 2.45) is 0 Å². The third-order valence-corrected chi connectivity index (χ3v) is 4.11. The van der Waals surface area contributed by atoms with Gasteiger partial charge in [-0.05, 0) is 39.7 Å². The second-order valence-corrected chi connectivity index (χ2v) is 6.11. The average molecular weight is 324 g/mol. The number of nitrogens with one attached hydrogen (secondary N) is 2. The molecule has 0 aliphatic carbocycles. The zero-order chi connectivity index (χ0) is 16.7. The highest BCUT2D eigenvalue weighted by atomic mass is 32.2. The van der Waals surface area contributed by atoms with Gasteiger partial charge in [0.1, 0.15) is 6.04 Å². The first-order chi connectivity index (χ1) is 10.3. The van der Waals surface area contributed by atoms with Gasteiger partial charge in [-0.3, -0.25) is 9.59 Å². The first-order valence-electron chi connectivity index (χ1n) is 7.36. The molecular formula is C15H24N4O2S. The highest BCUT2D eigenvalue weighted by molar-refractivity contribution is 7.99. The van der Waals surface area contributed by atoms with E-state index in [2.05, 4.69) is 20.6 Å². The summed E-state index contributed by atoms with van der Waals surface area (Å²) in [6.07, 6.45) is 0.867. The molecule has 1 rings (SSSR count). The van der Waals surface area contributed by atoms with Gasteiger partial charge in [0.2, 0.25) is 11.8 Å². The number of thioether (sulfide) groups is 1. The van der Waals surface area contributed by atoms with Gasteiger partial charge in [-0.1, -0.05) is 18.7 Å². The molecule has 122 valence electrons. The van der Waals surface area contributed by atoms with Gasteiger partial charge in [0.15, 0.2) is 5.16 Å². The fourth-order valence-electron chi connectivity index (χ4n) is 1.69. The van der Waals surface area contributed by atoms with Gasteiger partial charge in [-0.25, -0.2) is 9.97 Å². The normalized spacial score (nSPS) is 11.9. The van der Waals surface area contributed by atoms with E-state index < -0.39 is 6.04 Å². The van der Waals surface area contributed by atoms with E-state index in [1.54, 1.807) is 6.92 Å². The van der Waals surface area contributed by atoms with Crippen LogP contribution < -0.4 is 10.6 Å². The molecule has 0 spiro atoms. The van der Waals surface area contributed by atoms with Crippen LogP contribution in [0.2, 0.25) is 0 Å². The lowest BCUT2D eigenvalue weighted by Crippen LogP contribution is -2.45. The maximum Gasteiger partial charge on any atom is 0.242 e. The minimum atomic E-state index is -0.540. The number of nitrogens with zero attached hydrogens (tertiary/aromatic N) is 2. The molecule has 0 saturated heterocycles. The first kappa shape index (κ1) is 18.4. The van der Waals surface area contributed by atoms with Crippen molar-refractivity contribution in [1.29, 1.82) is 0 Å². The molecule has 0 aromatic carbocycles. The van der Waals surface area contributed by atoms with Crippen LogP contribution in [0, 0.1) is 20.8 Å². The van der Waals surface area contributed by atoms with E-state index in [1.165, 1.54) is 11.8 Å². The molecule has 1 aromatic rings. The van der Waals surface area contributed by atoms with Crippen molar-refractivity contribution in [2.45, 2.75) is 52.2 Å². The van der Waals surface area contributed by atoms with E-state index in [1.807, 2.05) is 27.7 Å². The number of aromatic nitrogens is 2. The summed E-state index contributed by atoms with van der Waals surface area (Å²) in [7, 11) is 0. The van der Waals surface area contributed by atoms with Crippen LogP contribution in [0.1, 0.15) is 37.2 Å². The summed E-state index contributed by atoms with van der Waals surface area (Å²) in [6.45, 7) is 10.1. The Balaban J connectivity index is 2.48. The number of rotatable bonds is 7. The predicted molar refractivity (Wildman–Crippen MR) is 87.9 cm³/mol. The van der Waals surface area contributed by atoms with Gasteiger partial charge in [0.05, 0.1) is 5.75 Å². The monoisotopic (exact) mass is 324 g/mol. The van der Waals surface area contributed by atoms with Crippen LogP contribution in [0.15, 0.2) is 5.16 Å². The van der Waals surface area contributed by atoms with Crippen LogP contribution in [0.5, 0.6) is 0 Å². The maximum absolute atomic E-state index is 11.9. The summed E-state index contributed by atoms with van der Waals surface area (Å²) < 4.78 is 0. The summed E-state index contributed by atoms with van der Waals surface area (Å²) in [4.78, 5) is 32.3. The predicted octanol–water partition coefficient (Wildman–Crippen LogP) is 1.52. The molecule has 0 fully saturated rings. The minimum absolute atomic E-state index is 0.168. The maximum atomic E-state index is 11.9. The standard InChI is InChI=1S/C15H24N4O2S/c1-6-7-16-14(21)12(5)17-13(20)8-22-15-18-10(3)9(2)11(4)19-15/h12H,6-8H2,1-5H3,(H,16,21)(H,17,20)/t12-/m0/s1. The van der Waals surface area contributed by atoms with Crippen LogP contribution in [0.4, 0.5) is 0 Å². The number of carbonyl (C=O) groups is 2. The highest BCUT2D eigenvalue weighted by Gasteiger charge is 2.15. The molecule has 1 atom stereocenters. The van der Waals surface area contributed by atoms with Gasteiger partial charge >= 0.3 is 0 Å². The number of hydrogen-bond acceptors (Lipinski definition) is 5. The summed E-state index contributed by atoms with van der Waals surface area (Å²) in [5, 5.41) is 6.00. The average Bonchev–Trinajstić information content (AvgIpc) is 2.47. The molecule has 1 aromatic heterocycles. The number of amides is 2. The lowest BCUT2D eigenvalue weighted by molar-refractivity contribution is -0.127. The zero-order valence-corrected chi connectivity index (χ0v) is 14.6. The fraction of sp³-hybridized carbons (Fsp3) is 0.600. The molecule has 1 heterocycles. The van der Waals surface area contributed by atoms with Crippen molar-refractivity contribution in [2.75, 3.05) is 12.3 Å². The number of carbonyl (C=O) groups excluding carboxylic acids is 2. The molecular weight excluding hydrogens is 300 g/mol. The Morgan fingerprint density at radius 3 is 2.32 bits per heavy atom. The Hall–Kier alpha value is -1.63. The van der Waals surface area contributed by atoms with Crippen LogP contribution in [-0.2, 0) is 9.59 Å². The van der Waals surface area contributed by atoms with Gasteiger partial charge < -0.3 is 10.6 Å². The van der Waals surface area contributed by atoms with Crippen molar-refractivity contribution < 1.29 is 9.59 Å². The largest absolute Gasteiger partial charge is 0.354 e. The van der Waals surface area contributed by atoms with Gasteiger partial charge in [-0.15, -0.1) is 0 Å². The van der Waals surface area contributed by atoms with Gasteiger partial charge in [-0.2, -0.15) is 0 Å². The lowest BCUT2D eigenvalue weighted by Gasteiger charge is -2.13. The summed E-state index contributed by atoms with van der Waals surface area (Å²) in [5.74, 6) is -0.185. The Morgan fingerprint density at radius 2 is 1.77 bits per heavy atom. The molecule has 7 heteroatoms. The Bertz CT molecular complexity index is 525. The SMILES string of the molecule is CCCNC(=O)[C@H](C)NC(=O)CSc1nc(C)c(C)c(C)n1. The van der Waals surface area contributed by atoms with Crippen LogP contribution in [0.3, 0.4) is 0 Å². The molecule has 22 heavy (non-hydrogen) atoms. The highest BCUT2D eigenvalue weighted by Crippen LogP contribution is 2.16. The van der Waals surface area contributed by atoms with Crippen molar-refractivity contribution in [1.82, 2.24) is 20.6 Å². The van der Waals surface area contributed by atoms with Crippen molar-refractivity contribution >= 4 is 23.6 Å². The number of aryl methyl sites for hydroxylation is 2. The second-order valence-electron chi connectivity index (χ2n) is 5.17. The molecule has 0 radical (unpaired) electrons. The van der Waals surface area contributed by atoms with Crippen LogP contribution in [0.25, 0.3) is 0 Å². The molecule has 0 aliphatic heterocycles. The van der Waals surface area contributed by atoms with Gasteiger partial charge in [0, 0.05) is 17.9 Å². The topological polar surface area (TPSA) is 84.0 Å². The summed E-state index contributed by atoms with van der Waals surface area (Å²) in [5.41, 5.74) is 2.90. The van der Waals surface area contributed by atoms with E-state index in [4.69, 9.17) is 0 Å². The molecule has 0 bridgehead atoms. The van der Waals surface area contributed by atoms with Crippen molar-refractivity contribution in [3.63, 3.8) is 0 Å². The minimum Gasteiger partial charge on any atom is -0.354 e. The Labute approximate surface area is 135 Å². The third-order valence-electron chi connectivity index (χ3n) is 3.26. The molecule has 0 aliphatic rings. The second kappa shape index (κ2) is 8.73. The molecule has 2 N–H and O–H groups in total. The van der Waals surface area contributed by atoms with Crippen LogP contribution >= 0.6 is 11.8 Å². The smallest absolute Gasteiger partial charge is 0.242 e. The fourth-order valence-corrected chi connectivity index (χ4v) is 2.43. The van der Waals surface area contributed by atoms with Crippen molar-refractivity contribution in [3.05, 3.63) is 17.0 Å². The van der Waals surface area contributed by atoms with E-state index in [0.717, 1.165) is 23.4 Å². The van der Waals surface area contributed by atoms with E-state index >= 15 is 0 Å². The molecule has 0 unspecified atom stereocenters. The molecule has 6 nitrogen and oxygen atoms in total. The van der Waals surface area contributed by atoms with Gasteiger partial charge in [0.25, 0.3) is 0 Å². The lowest BCUT2D eigenvalue weighted by atomic mass is 10.2. The van der Waals surface area contributed by atoms with E-state index in [0.29, 0.717) is 11.7 Å².